The summed E-state index contributed by atoms with van der Waals surface area (Å²) in [5, 5.41) is 3.47. The van der Waals surface area contributed by atoms with Gasteiger partial charge in [0.15, 0.2) is 0 Å². The molecule has 116 valence electrons. The minimum Gasteiger partial charge on any atom is -0.399 e. The third kappa shape index (κ3) is 4.68. The van der Waals surface area contributed by atoms with E-state index in [9.17, 15) is 4.79 Å². The zero-order chi connectivity index (χ0) is 15.6. The first-order chi connectivity index (χ1) is 9.77. The maximum atomic E-state index is 12.2. The van der Waals surface area contributed by atoms with E-state index >= 15 is 0 Å². The van der Waals surface area contributed by atoms with Crippen molar-refractivity contribution in [2.75, 3.05) is 36.4 Å². The van der Waals surface area contributed by atoms with E-state index in [0.717, 1.165) is 18.8 Å². The second-order valence-electron chi connectivity index (χ2n) is 5.73. The van der Waals surface area contributed by atoms with Crippen molar-refractivity contribution in [3.8, 4) is 0 Å². The number of nitrogens with one attached hydrogen (secondary N) is 1. The SMILES string of the molecule is CC1(C)CN(CC(=O)Nc2c(Cl)cc(N)cc2Cl)CCS1. The van der Waals surface area contributed by atoms with Gasteiger partial charge >= 0.3 is 0 Å². The molecule has 3 N–H and O–H groups in total. The molecule has 0 unspecified atom stereocenters. The average molecular weight is 348 g/mol. The number of carbonyl (C=O) groups excluding carboxylic acids is 1. The fourth-order valence-electron chi connectivity index (χ4n) is 2.34. The fourth-order valence-corrected chi connectivity index (χ4v) is 4.12. The Morgan fingerprint density at radius 2 is 2.05 bits per heavy atom. The van der Waals surface area contributed by atoms with Gasteiger partial charge in [-0.25, -0.2) is 0 Å². The van der Waals surface area contributed by atoms with Crippen molar-refractivity contribution in [1.82, 2.24) is 4.90 Å². The highest BCUT2D eigenvalue weighted by Crippen LogP contribution is 2.33. The van der Waals surface area contributed by atoms with Crippen LogP contribution in [0.1, 0.15) is 13.8 Å². The standard InChI is InChI=1S/C14H19Cl2N3OS/c1-14(2)8-19(3-4-21-14)7-12(20)18-13-10(15)5-9(17)6-11(13)16/h5-6H,3-4,7-8,17H2,1-2H3,(H,18,20). The van der Waals surface area contributed by atoms with Crippen LogP contribution in [-0.2, 0) is 4.79 Å². The molecule has 1 aromatic rings. The number of thioether (sulfide) groups is 1. The molecular weight excluding hydrogens is 329 g/mol. The number of amides is 1. The van der Waals surface area contributed by atoms with Crippen molar-refractivity contribution in [3.63, 3.8) is 0 Å². The largest absolute Gasteiger partial charge is 0.399 e. The highest BCUT2D eigenvalue weighted by molar-refractivity contribution is 8.00. The van der Waals surface area contributed by atoms with E-state index in [1.807, 2.05) is 11.8 Å². The lowest BCUT2D eigenvalue weighted by Gasteiger charge is -2.37. The minimum absolute atomic E-state index is 0.119. The van der Waals surface area contributed by atoms with E-state index in [0.29, 0.717) is 28.0 Å². The monoisotopic (exact) mass is 347 g/mol. The molecule has 1 aliphatic rings. The molecule has 1 aliphatic heterocycles. The Kier molecular flexibility index (Phi) is 5.30. The summed E-state index contributed by atoms with van der Waals surface area (Å²) in [4.78, 5) is 14.3. The van der Waals surface area contributed by atoms with Crippen molar-refractivity contribution in [3.05, 3.63) is 22.2 Å². The first-order valence-corrected chi connectivity index (χ1v) is 8.42. The molecular formula is C14H19Cl2N3OS. The lowest BCUT2D eigenvalue weighted by molar-refractivity contribution is -0.117. The molecule has 1 fully saturated rings. The Morgan fingerprint density at radius 1 is 1.43 bits per heavy atom. The predicted molar refractivity (Wildman–Crippen MR) is 92.5 cm³/mol. The van der Waals surface area contributed by atoms with Gasteiger partial charge in [-0.2, -0.15) is 11.8 Å². The van der Waals surface area contributed by atoms with Crippen LogP contribution in [0.5, 0.6) is 0 Å². The number of benzene rings is 1. The normalized spacial score (nSPS) is 18.5. The van der Waals surface area contributed by atoms with Gasteiger partial charge in [0.2, 0.25) is 5.91 Å². The van der Waals surface area contributed by atoms with Crippen molar-refractivity contribution >= 4 is 52.2 Å². The summed E-state index contributed by atoms with van der Waals surface area (Å²) in [6.07, 6.45) is 0. The van der Waals surface area contributed by atoms with E-state index in [1.54, 1.807) is 12.1 Å². The van der Waals surface area contributed by atoms with Gasteiger partial charge in [-0.1, -0.05) is 23.2 Å². The molecule has 1 aromatic carbocycles. The Labute approximate surface area is 139 Å². The van der Waals surface area contributed by atoms with Crippen LogP contribution >= 0.6 is 35.0 Å². The molecule has 1 amide bonds. The van der Waals surface area contributed by atoms with E-state index in [1.165, 1.54) is 0 Å². The third-order valence-corrected chi connectivity index (χ3v) is 5.09. The number of anilines is 2. The molecule has 7 heteroatoms. The summed E-state index contributed by atoms with van der Waals surface area (Å²) in [7, 11) is 0. The molecule has 1 heterocycles. The van der Waals surface area contributed by atoms with Gasteiger partial charge < -0.3 is 11.1 Å². The highest BCUT2D eigenvalue weighted by atomic mass is 35.5. The number of hydrogen-bond acceptors (Lipinski definition) is 4. The Balaban J connectivity index is 1.99. The van der Waals surface area contributed by atoms with E-state index < -0.39 is 0 Å². The molecule has 4 nitrogen and oxygen atoms in total. The molecule has 0 spiro atoms. The quantitative estimate of drug-likeness (QED) is 0.823. The van der Waals surface area contributed by atoms with Crippen LogP contribution in [0.2, 0.25) is 10.0 Å². The predicted octanol–water partition coefficient (Wildman–Crippen LogP) is 3.34. The molecule has 0 aromatic heterocycles. The van der Waals surface area contributed by atoms with Gasteiger partial charge in [-0.15, -0.1) is 0 Å². The molecule has 0 aliphatic carbocycles. The lowest BCUT2D eigenvalue weighted by atomic mass is 10.2. The van der Waals surface area contributed by atoms with Crippen molar-refractivity contribution in [2.45, 2.75) is 18.6 Å². The number of halogens is 2. The van der Waals surface area contributed by atoms with Gasteiger partial charge in [-0.3, -0.25) is 9.69 Å². The molecule has 0 atom stereocenters. The smallest absolute Gasteiger partial charge is 0.238 e. The number of nitrogens with two attached hydrogens (primary N) is 1. The number of nitrogens with zero attached hydrogens (tertiary/aromatic N) is 1. The summed E-state index contributed by atoms with van der Waals surface area (Å²) in [6.45, 7) is 6.50. The van der Waals surface area contributed by atoms with Crippen LogP contribution in [0.3, 0.4) is 0 Å². The van der Waals surface area contributed by atoms with Crippen molar-refractivity contribution < 1.29 is 4.79 Å². The lowest BCUT2D eigenvalue weighted by Crippen LogP contribution is -2.46. The van der Waals surface area contributed by atoms with Gasteiger partial charge in [-0.05, 0) is 26.0 Å². The maximum absolute atomic E-state index is 12.2. The van der Waals surface area contributed by atoms with E-state index in [2.05, 4.69) is 24.1 Å². The molecule has 0 saturated carbocycles. The number of carbonyl (C=O) groups is 1. The van der Waals surface area contributed by atoms with Crippen LogP contribution < -0.4 is 11.1 Å². The van der Waals surface area contributed by atoms with E-state index in [4.69, 9.17) is 28.9 Å². The number of nitrogen functional groups attached to an aromatic ring is 1. The van der Waals surface area contributed by atoms with Crippen molar-refractivity contribution in [1.29, 1.82) is 0 Å². The summed E-state index contributed by atoms with van der Waals surface area (Å²) in [5.41, 5.74) is 6.54. The van der Waals surface area contributed by atoms with Crippen LogP contribution in [0.15, 0.2) is 12.1 Å². The number of rotatable bonds is 3. The van der Waals surface area contributed by atoms with Gasteiger partial charge in [0, 0.05) is 29.3 Å². The molecule has 1 saturated heterocycles. The first-order valence-electron chi connectivity index (χ1n) is 6.67. The Morgan fingerprint density at radius 3 is 2.62 bits per heavy atom. The fraction of sp³-hybridized carbons (Fsp3) is 0.500. The topological polar surface area (TPSA) is 58.4 Å². The van der Waals surface area contributed by atoms with Crippen LogP contribution in [0.4, 0.5) is 11.4 Å². The van der Waals surface area contributed by atoms with E-state index in [-0.39, 0.29) is 10.7 Å². The molecule has 21 heavy (non-hydrogen) atoms. The van der Waals surface area contributed by atoms with Gasteiger partial charge in [0.25, 0.3) is 0 Å². The Bertz CT molecular complexity index is 528. The second kappa shape index (κ2) is 6.65. The molecule has 0 radical (unpaired) electrons. The maximum Gasteiger partial charge on any atom is 0.238 e. The number of hydrogen-bond donors (Lipinski definition) is 2. The zero-order valence-electron chi connectivity index (χ0n) is 12.1. The third-order valence-electron chi connectivity index (χ3n) is 3.20. The highest BCUT2D eigenvalue weighted by Gasteiger charge is 2.28. The van der Waals surface area contributed by atoms with Crippen LogP contribution in [0.25, 0.3) is 0 Å². The van der Waals surface area contributed by atoms with Crippen LogP contribution in [0, 0.1) is 0 Å². The summed E-state index contributed by atoms with van der Waals surface area (Å²) in [5.74, 6) is 0.912. The zero-order valence-corrected chi connectivity index (χ0v) is 14.4. The molecule has 0 bridgehead atoms. The molecule has 2 rings (SSSR count). The van der Waals surface area contributed by atoms with Gasteiger partial charge in [0.1, 0.15) is 0 Å². The van der Waals surface area contributed by atoms with Gasteiger partial charge in [0.05, 0.1) is 22.3 Å². The summed E-state index contributed by atoms with van der Waals surface area (Å²) < 4.78 is 0.176. The minimum atomic E-state index is -0.119. The Hall–Kier alpha value is -0.620. The average Bonchev–Trinajstić information content (AvgIpc) is 2.32. The summed E-state index contributed by atoms with van der Waals surface area (Å²) >= 11 is 14.1. The van der Waals surface area contributed by atoms with Crippen molar-refractivity contribution in [2.24, 2.45) is 0 Å². The first kappa shape index (κ1) is 16.7. The van der Waals surface area contributed by atoms with Crippen LogP contribution in [-0.4, -0.2) is 40.9 Å². The summed E-state index contributed by atoms with van der Waals surface area (Å²) in [6, 6.07) is 3.15. The second-order valence-corrected chi connectivity index (χ2v) is 8.34.